The van der Waals surface area contributed by atoms with E-state index < -0.39 is 0 Å². The summed E-state index contributed by atoms with van der Waals surface area (Å²) in [4.78, 5) is 16.9. The molecule has 1 unspecified atom stereocenters. The lowest BCUT2D eigenvalue weighted by atomic mass is 10.1. The number of nitrogens with zero attached hydrogens (tertiary/aromatic N) is 1. The second kappa shape index (κ2) is 12.5. The Morgan fingerprint density at radius 1 is 1.03 bits per heavy atom. The van der Waals surface area contributed by atoms with Gasteiger partial charge in [-0.25, -0.2) is 4.99 Å². The number of aliphatic imine (C=N–C) groups is 1. The molecule has 0 saturated heterocycles. The van der Waals surface area contributed by atoms with Crippen molar-refractivity contribution in [1.29, 1.82) is 0 Å². The Morgan fingerprint density at radius 3 is 2.43 bits per heavy atom. The van der Waals surface area contributed by atoms with E-state index in [0.717, 1.165) is 35.8 Å². The molecular weight excluding hydrogens is 376 g/mol. The average Bonchev–Trinajstić information content (AvgIpc) is 2.77. The summed E-state index contributed by atoms with van der Waals surface area (Å²) in [6, 6.07) is 15.8. The van der Waals surface area contributed by atoms with E-state index in [1.807, 2.05) is 69.3 Å². The highest BCUT2D eigenvalue weighted by molar-refractivity contribution is 5.94. The molecule has 0 spiro atoms. The molecule has 0 saturated carbocycles. The van der Waals surface area contributed by atoms with Gasteiger partial charge < -0.3 is 20.7 Å². The van der Waals surface area contributed by atoms with Crippen LogP contribution in [0.15, 0.2) is 53.5 Å². The van der Waals surface area contributed by atoms with Crippen LogP contribution in [-0.2, 0) is 13.1 Å². The average molecular weight is 411 g/mol. The summed E-state index contributed by atoms with van der Waals surface area (Å²) >= 11 is 0. The molecule has 0 fully saturated rings. The van der Waals surface area contributed by atoms with Crippen LogP contribution >= 0.6 is 0 Å². The number of benzene rings is 2. The number of hydrogen-bond acceptors (Lipinski definition) is 3. The van der Waals surface area contributed by atoms with Crippen LogP contribution in [0, 0.1) is 0 Å². The number of rotatable bonds is 10. The van der Waals surface area contributed by atoms with Crippen LogP contribution in [-0.4, -0.2) is 31.1 Å². The predicted molar refractivity (Wildman–Crippen MR) is 123 cm³/mol. The molecule has 2 aromatic rings. The Labute approximate surface area is 180 Å². The van der Waals surface area contributed by atoms with Crippen LogP contribution in [0.4, 0.5) is 0 Å². The van der Waals surface area contributed by atoms with E-state index in [0.29, 0.717) is 25.3 Å². The van der Waals surface area contributed by atoms with E-state index in [2.05, 4.69) is 27.9 Å². The zero-order valence-corrected chi connectivity index (χ0v) is 18.5. The fourth-order valence-corrected chi connectivity index (χ4v) is 2.81. The summed E-state index contributed by atoms with van der Waals surface area (Å²) in [5, 5.41) is 9.61. The van der Waals surface area contributed by atoms with Crippen molar-refractivity contribution in [3.05, 3.63) is 65.2 Å². The number of para-hydroxylation sites is 1. The van der Waals surface area contributed by atoms with Crippen molar-refractivity contribution in [2.75, 3.05) is 13.2 Å². The summed E-state index contributed by atoms with van der Waals surface area (Å²) in [5.74, 6) is 1.58. The Bertz CT molecular complexity index is 818. The first-order chi connectivity index (χ1) is 14.6. The minimum atomic E-state index is -0.0395. The van der Waals surface area contributed by atoms with E-state index in [4.69, 9.17) is 4.74 Å². The topological polar surface area (TPSA) is 74.8 Å². The summed E-state index contributed by atoms with van der Waals surface area (Å²) in [5.41, 5.74) is 2.80. The number of amides is 1. The maximum Gasteiger partial charge on any atom is 0.251 e. The van der Waals surface area contributed by atoms with Crippen LogP contribution in [0.2, 0.25) is 0 Å². The summed E-state index contributed by atoms with van der Waals surface area (Å²) in [6.45, 7) is 10.6. The van der Waals surface area contributed by atoms with Gasteiger partial charge in [0, 0.05) is 30.3 Å². The van der Waals surface area contributed by atoms with Gasteiger partial charge in [0.1, 0.15) is 5.75 Å². The Balaban J connectivity index is 1.98. The minimum Gasteiger partial charge on any atom is -0.494 e. The largest absolute Gasteiger partial charge is 0.494 e. The van der Waals surface area contributed by atoms with Gasteiger partial charge in [-0.2, -0.15) is 0 Å². The van der Waals surface area contributed by atoms with Crippen LogP contribution in [0.5, 0.6) is 5.75 Å². The molecule has 6 heteroatoms. The first-order valence-corrected chi connectivity index (χ1v) is 10.7. The van der Waals surface area contributed by atoms with Gasteiger partial charge in [0.15, 0.2) is 5.96 Å². The van der Waals surface area contributed by atoms with E-state index >= 15 is 0 Å². The van der Waals surface area contributed by atoms with Crippen molar-refractivity contribution in [3.8, 4) is 5.75 Å². The fraction of sp³-hybridized carbons (Fsp3) is 0.417. The number of guanidine groups is 1. The molecule has 3 N–H and O–H groups in total. The van der Waals surface area contributed by atoms with Gasteiger partial charge >= 0.3 is 0 Å². The zero-order chi connectivity index (χ0) is 21.8. The third-order valence-electron chi connectivity index (χ3n) is 4.69. The first kappa shape index (κ1) is 23.3. The highest BCUT2D eigenvalue weighted by Crippen LogP contribution is 2.17. The second-order valence-electron chi connectivity index (χ2n) is 7.07. The van der Waals surface area contributed by atoms with Gasteiger partial charge in [0.05, 0.1) is 13.2 Å². The molecule has 162 valence electrons. The highest BCUT2D eigenvalue weighted by atomic mass is 16.5. The minimum absolute atomic E-state index is 0.0395. The molecule has 0 aromatic heterocycles. The van der Waals surface area contributed by atoms with Crippen molar-refractivity contribution in [1.82, 2.24) is 16.0 Å². The molecule has 0 heterocycles. The molecule has 2 aromatic carbocycles. The van der Waals surface area contributed by atoms with Crippen molar-refractivity contribution in [2.45, 2.75) is 53.2 Å². The monoisotopic (exact) mass is 410 g/mol. The Morgan fingerprint density at radius 2 is 1.77 bits per heavy atom. The Hall–Kier alpha value is -3.02. The smallest absolute Gasteiger partial charge is 0.251 e. The normalized spacial score (nSPS) is 12.2. The number of carbonyl (C=O) groups is 1. The molecule has 6 nitrogen and oxygen atoms in total. The van der Waals surface area contributed by atoms with Crippen molar-refractivity contribution < 1.29 is 9.53 Å². The molecule has 2 rings (SSSR count). The second-order valence-corrected chi connectivity index (χ2v) is 7.07. The molecule has 0 aliphatic heterocycles. The van der Waals surface area contributed by atoms with Gasteiger partial charge in [-0.15, -0.1) is 0 Å². The summed E-state index contributed by atoms with van der Waals surface area (Å²) in [7, 11) is 0. The number of hydrogen-bond donors (Lipinski definition) is 3. The summed E-state index contributed by atoms with van der Waals surface area (Å²) in [6.07, 6.45) is 0.911. The quantitative estimate of drug-likeness (QED) is 0.411. The van der Waals surface area contributed by atoms with Crippen molar-refractivity contribution >= 4 is 11.9 Å². The van der Waals surface area contributed by atoms with E-state index in [1.165, 1.54) is 0 Å². The van der Waals surface area contributed by atoms with E-state index in [9.17, 15) is 4.79 Å². The number of carbonyl (C=O) groups excluding carboxylic acids is 1. The molecule has 0 aliphatic rings. The fourth-order valence-electron chi connectivity index (χ4n) is 2.81. The lowest BCUT2D eigenvalue weighted by Gasteiger charge is -2.14. The molecule has 0 aliphatic carbocycles. The van der Waals surface area contributed by atoms with Gasteiger partial charge in [-0.05, 0) is 51.0 Å². The maximum atomic E-state index is 12.2. The van der Waals surface area contributed by atoms with E-state index in [1.54, 1.807) is 0 Å². The first-order valence-electron chi connectivity index (χ1n) is 10.7. The van der Waals surface area contributed by atoms with Crippen LogP contribution < -0.4 is 20.7 Å². The van der Waals surface area contributed by atoms with Crippen LogP contribution in [0.3, 0.4) is 0 Å². The van der Waals surface area contributed by atoms with Gasteiger partial charge in [-0.3, -0.25) is 4.79 Å². The predicted octanol–water partition coefficient (Wildman–Crippen LogP) is 3.87. The number of ether oxygens (including phenoxy) is 1. The molecule has 1 amide bonds. The lowest BCUT2D eigenvalue weighted by molar-refractivity contribution is 0.0939. The molecule has 0 radical (unpaired) electrons. The molecule has 0 bridgehead atoms. The van der Waals surface area contributed by atoms with Crippen molar-refractivity contribution in [3.63, 3.8) is 0 Å². The number of nitrogens with one attached hydrogen (secondary N) is 3. The molecule has 1 atom stereocenters. The molecular formula is C24H34N4O2. The van der Waals surface area contributed by atoms with Gasteiger partial charge in [0.2, 0.25) is 0 Å². The standard InChI is InChI=1S/C24H34N4O2/c1-5-18(4)28-23(29)20-14-12-19(13-15-20)16-26-24(25-6-2)27-17-21-10-8-9-11-22(21)30-7-3/h8-15,18H,5-7,16-17H2,1-4H3,(H,28,29)(H2,25,26,27). The zero-order valence-electron chi connectivity index (χ0n) is 18.5. The van der Waals surface area contributed by atoms with Crippen LogP contribution in [0.1, 0.15) is 55.6 Å². The summed E-state index contributed by atoms with van der Waals surface area (Å²) < 4.78 is 5.69. The van der Waals surface area contributed by atoms with Gasteiger partial charge in [0.25, 0.3) is 5.91 Å². The third kappa shape index (κ3) is 7.43. The maximum absolute atomic E-state index is 12.2. The van der Waals surface area contributed by atoms with Crippen LogP contribution in [0.25, 0.3) is 0 Å². The lowest BCUT2D eigenvalue weighted by Crippen LogP contribution is -2.36. The van der Waals surface area contributed by atoms with Crippen molar-refractivity contribution in [2.24, 2.45) is 4.99 Å². The van der Waals surface area contributed by atoms with E-state index in [-0.39, 0.29) is 11.9 Å². The highest BCUT2D eigenvalue weighted by Gasteiger charge is 2.08. The molecule has 30 heavy (non-hydrogen) atoms. The third-order valence-corrected chi connectivity index (χ3v) is 4.69. The van der Waals surface area contributed by atoms with Gasteiger partial charge in [-0.1, -0.05) is 37.3 Å². The SMILES string of the molecule is CCNC(=NCc1ccc(C(=O)NC(C)CC)cc1)NCc1ccccc1OCC. The Kier molecular flexibility index (Phi) is 9.71.